The third-order valence-electron chi connectivity index (χ3n) is 6.04. The van der Waals surface area contributed by atoms with Gasteiger partial charge in [-0.05, 0) is 36.2 Å². The summed E-state index contributed by atoms with van der Waals surface area (Å²) in [6.45, 7) is 4.97. The lowest BCUT2D eigenvalue weighted by Crippen LogP contribution is -2.61. The van der Waals surface area contributed by atoms with Crippen LogP contribution in [0.3, 0.4) is 0 Å². The Balaban J connectivity index is 1.57. The molecule has 1 N–H and O–H groups in total. The lowest BCUT2D eigenvalue weighted by molar-refractivity contribution is -0.125. The van der Waals surface area contributed by atoms with Crippen molar-refractivity contribution in [3.63, 3.8) is 0 Å². The maximum atomic E-state index is 13.4. The molecule has 2 aliphatic rings. The predicted molar refractivity (Wildman–Crippen MR) is 112 cm³/mol. The number of aryl methyl sites for hydroxylation is 1. The van der Waals surface area contributed by atoms with Crippen LogP contribution >= 0.6 is 11.6 Å². The molecule has 28 heavy (non-hydrogen) atoms. The molecule has 2 aliphatic heterocycles. The average Bonchev–Trinajstić information content (AvgIpc) is 3.12. The second kappa shape index (κ2) is 6.61. The van der Waals surface area contributed by atoms with Crippen LogP contribution in [0.2, 0.25) is 5.02 Å². The van der Waals surface area contributed by atoms with E-state index in [4.69, 9.17) is 16.6 Å². The Kier molecular flexibility index (Phi) is 4.18. The van der Waals surface area contributed by atoms with Gasteiger partial charge in [0, 0.05) is 30.3 Å². The van der Waals surface area contributed by atoms with Crippen molar-refractivity contribution in [3.05, 3.63) is 58.9 Å². The smallest absolute Gasteiger partial charge is 0.240 e. The monoisotopic (exact) mass is 394 g/mol. The van der Waals surface area contributed by atoms with Crippen LogP contribution in [0.1, 0.15) is 31.2 Å². The van der Waals surface area contributed by atoms with Crippen molar-refractivity contribution < 1.29 is 4.79 Å². The Morgan fingerprint density at radius 2 is 2.04 bits per heavy atom. The van der Waals surface area contributed by atoms with E-state index in [1.807, 2.05) is 35.2 Å². The van der Waals surface area contributed by atoms with Crippen LogP contribution in [0.15, 0.2) is 42.5 Å². The molecule has 1 saturated heterocycles. The summed E-state index contributed by atoms with van der Waals surface area (Å²) in [5, 5.41) is 3.97. The highest BCUT2D eigenvalue weighted by Gasteiger charge is 2.54. The van der Waals surface area contributed by atoms with Gasteiger partial charge >= 0.3 is 0 Å². The molecule has 3 heterocycles. The first-order valence-electron chi connectivity index (χ1n) is 9.91. The van der Waals surface area contributed by atoms with Gasteiger partial charge in [0.15, 0.2) is 0 Å². The number of hydrogen-bond acceptors (Lipinski definition) is 3. The normalized spacial score (nSPS) is 17.4. The fourth-order valence-electron chi connectivity index (χ4n) is 4.45. The summed E-state index contributed by atoms with van der Waals surface area (Å²) in [6, 6.07) is 14.0. The highest BCUT2D eigenvalue weighted by atomic mass is 35.5. The third-order valence-corrected chi connectivity index (χ3v) is 6.28. The summed E-state index contributed by atoms with van der Waals surface area (Å²) in [5.74, 6) is 1.10. The molecule has 1 aromatic heterocycles. The zero-order chi connectivity index (χ0) is 19.3. The molecule has 2 aromatic carbocycles. The predicted octanol–water partition coefficient (Wildman–Crippen LogP) is 3.88. The first-order valence-corrected chi connectivity index (χ1v) is 10.3. The van der Waals surface area contributed by atoms with Gasteiger partial charge in [0.2, 0.25) is 5.91 Å². The molecule has 6 heteroatoms. The van der Waals surface area contributed by atoms with Crippen LogP contribution in [0.4, 0.5) is 5.69 Å². The fourth-order valence-corrected chi connectivity index (χ4v) is 4.62. The van der Waals surface area contributed by atoms with Gasteiger partial charge in [0.05, 0.1) is 17.6 Å². The number of halogens is 1. The van der Waals surface area contributed by atoms with Gasteiger partial charge in [-0.25, -0.2) is 4.98 Å². The summed E-state index contributed by atoms with van der Waals surface area (Å²) in [6.07, 6.45) is 2.17. The van der Waals surface area contributed by atoms with Crippen LogP contribution in [0.5, 0.6) is 0 Å². The Labute approximate surface area is 169 Å². The Morgan fingerprint density at radius 1 is 1.21 bits per heavy atom. The molecular formula is C22H23ClN4O. The summed E-state index contributed by atoms with van der Waals surface area (Å²) in [4.78, 5) is 20.2. The van der Waals surface area contributed by atoms with Crippen LogP contribution in [-0.4, -0.2) is 28.5 Å². The number of hydrogen-bond donors (Lipinski definition) is 1. The zero-order valence-electron chi connectivity index (χ0n) is 15.9. The number of fused-ring (bicyclic) bond motifs is 3. The van der Waals surface area contributed by atoms with E-state index >= 15 is 0 Å². The van der Waals surface area contributed by atoms with Gasteiger partial charge in [-0.15, -0.1) is 0 Å². The first-order chi connectivity index (χ1) is 13.6. The highest BCUT2D eigenvalue weighted by molar-refractivity contribution is 6.31. The topological polar surface area (TPSA) is 50.2 Å². The lowest BCUT2D eigenvalue weighted by Gasteiger charge is -2.38. The molecule has 0 saturated carbocycles. The van der Waals surface area contributed by atoms with E-state index in [2.05, 4.69) is 28.9 Å². The Bertz CT molecular complexity index is 1070. The molecule has 0 aliphatic carbocycles. The van der Waals surface area contributed by atoms with Crippen molar-refractivity contribution in [2.75, 3.05) is 18.0 Å². The number of carbonyl (C=O) groups excluding carboxylic acids is 1. The number of benzene rings is 2. The Hall–Kier alpha value is -2.37. The number of imidazole rings is 1. The van der Waals surface area contributed by atoms with Crippen molar-refractivity contribution in [3.8, 4) is 0 Å². The van der Waals surface area contributed by atoms with Gasteiger partial charge in [-0.3, -0.25) is 4.79 Å². The molecule has 1 spiro atoms. The molecule has 5 nitrogen and oxygen atoms in total. The molecule has 0 bridgehead atoms. The van der Waals surface area contributed by atoms with Crippen LogP contribution < -0.4 is 10.2 Å². The van der Waals surface area contributed by atoms with Crippen molar-refractivity contribution in [2.24, 2.45) is 0 Å². The molecule has 0 unspecified atom stereocenters. The zero-order valence-corrected chi connectivity index (χ0v) is 16.7. The van der Waals surface area contributed by atoms with Crippen LogP contribution in [0.25, 0.3) is 11.0 Å². The van der Waals surface area contributed by atoms with Gasteiger partial charge in [-0.2, -0.15) is 0 Å². The van der Waals surface area contributed by atoms with Crippen molar-refractivity contribution in [1.29, 1.82) is 0 Å². The fraction of sp³-hybridized carbons (Fsp3) is 0.364. The number of nitrogens with one attached hydrogen (secondary N) is 1. The number of amides is 1. The summed E-state index contributed by atoms with van der Waals surface area (Å²) >= 11 is 6.19. The molecule has 0 atom stereocenters. The minimum Gasteiger partial charge on any atom is -0.326 e. The van der Waals surface area contributed by atoms with E-state index in [0.717, 1.165) is 47.5 Å². The van der Waals surface area contributed by atoms with Gasteiger partial charge in [0.25, 0.3) is 0 Å². The number of para-hydroxylation sites is 1. The first kappa shape index (κ1) is 17.7. The standard InChI is InChI=1S/C22H23ClN4O/c1-2-3-10-26-19-9-8-15(23)11-17(19)25-20(26)12-27-18-7-5-4-6-16(18)22(21(27)28)13-24-14-22/h4-9,11,24H,2-3,10,12-14H2,1H3. The van der Waals surface area contributed by atoms with Gasteiger partial charge in [-0.1, -0.05) is 43.1 Å². The van der Waals surface area contributed by atoms with Crippen molar-refractivity contribution in [1.82, 2.24) is 14.9 Å². The van der Waals surface area contributed by atoms with E-state index in [0.29, 0.717) is 24.7 Å². The number of carbonyl (C=O) groups is 1. The van der Waals surface area contributed by atoms with E-state index in [1.165, 1.54) is 0 Å². The van der Waals surface area contributed by atoms with E-state index in [1.54, 1.807) is 0 Å². The molecule has 1 fully saturated rings. The van der Waals surface area contributed by atoms with Gasteiger partial charge < -0.3 is 14.8 Å². The maximum absolute atomic E-state index is 13.4. The molecule has 3 aromatic rings. The summed E-state index contributed by atoms with van der Waals surface area (Å²) in [5.41, 5.74) is 3.71. The Morgan fingerprint density at radius 3 is 2.79 bits per heavy atom. The quantitative estimate of drug-likeness (QED) is 0.714. The number of rotatable bonds is 5. The molecule has 144 valence electrons. The van der Waals surface area contributed by atoms with Crippen LogP contribution in [-0.2, 0) is 23.3 Å². The third kappa shape index (κ3) is 2.50. The van der Waals surface area contributed by atoms with Crippen molar-refractivity contribution >= 4 is 34.2 Å². The van der Waals surface area contributed by atoms with Crippen molar-refractivity contribution in [2.45, 2.75) is 38.3 Å². The van der Waals surface area contributed by atoms with Gasteiger partial charge in [0.1, 0.15) is 11.2 Å². The minimum atomic E-state index is -0.403. The second-order valence-corrected chi connectivity index (χ2v) is 8.20. The minimum absolute atomic E-state index is 0.180. The number of nitrogens with zero attached hydrogens (tertiary/aromatic N) is 3. The molecule has 0 radical (unpaired) electrons. The SMILES string of the molecule is CCCCn1c(CN2C(=O)C3(CNC3)c3ccccc32)nc2cc(Cl)ccc21. The highest BCUT2D eigenvalue weighted by Crippen LogP contribution is 2.44. The van der Waals surface area contributed by atoms with Crippen LogP contribution in [0, 0.1) is 0 Å². The average molecular weight is 395 g/mol. The van der Waals surface area contributed by atoms with E-state index in [9.17, 15) is 4.79 Å². The second-order valence-electron chi connectivity index (χ2n) is 7.76. The largest absolute Gasteiger partial charge is 0.326 e. The summed E-state index contributed by atoms with van der Waals surface area (Å²) < 4.78 is 2.25. The number of anilines is 1. The van der Waals surface area contributed by atoms with E-state index < -0.39 is 5.41 Å². The molecule has 1 amide bonds. The molecular weight excluding hydrogens is 372 g/mol. The summed E-state index contributed by atoms with van der Waals surface area (Å²) in [7, 11) is 0. The number of unbranched alkanes of at least 4 members (excludes halogenated alkanes) is 1. The number of aromatic nitrogens is 2. The maximum Gasteiger partial charge on any atom is 0.240 e. The molecule has 5 rings (SSSR count). The lowest BCUT2D eigenvalue weighted by atomic mass is 9.76. The van der Waals surface area contributed by atoms with E-state index in [-0.39, 0.29) is 5.91 Å².